The van der Waals surface area contributed by atoms with Crippen LogP contribution in [0.2, 0.25) is 0 Å². The van der Waals surface area contributed by atoms with E-state index in [0.717, 1.165) is 23.1 Å². The molecule has 1 aliphatic rings. The van der Waals surface area contributed by atoms with Gasteiger partial charge in [0.1, 0.15) is 11.5 Å². The van der Waals surface area contributed by atoms with E-state index in [9.17, 15) is 10.2 Å². The van der Waals surface area contributed by atoms with E-state index in [2.05, 4.69) is 17.5 Å². The summed E-state index contributed by atoms with van der Waals surface area (Å²) in [4.78, 5) is 1.21. The molecule has 1 aromatic heterocycles. The molecule has 0 bridgehead atoms. The van der Waals surface area contributed by atoms with Crippen molar-refractivity contribution in [1.82, 2.24) is 0 Å². The second-order valence-electron chi connectivity index (χ2n) is 5.84. The summed E-state index contributed by atoms with van der Waals surface area (Å²) in [6.07, 6.45) is 0.847. The highest BCUT2D eigenvalue weighted by molar-refractivity contribution is 7.11. The number of fused-ring (bicyclic) bond motifs is 1. The molecule has 2 aromatic carbocycles. The quantitative estimate of drug-likeness (QED) is 0.699. The summed E-state index contributed by atoms with van der Waals surface area (Å²) in [6.45, 7) is 2.05. The van der Waals surface area contributed by atoms with Gasteiger partial charge in [-0.25, -0.2) is 0 Å². The summed E-state index contributed by atoms with van der Waals surface area (Å²) in [5.41, 5.74) is 7.06. The maximum absolute atomic E-state index is 10.0. The van der Waals surface area contributed by atoms with Crippen LogP contribution < -0.4 is 0 Å². The summed E-state index contributed by atoms with van der Waals surface area (Å²) in [5, 5.41) is 21.7. The van der Waals surface area contributed by atoms with Gasteiger partial charge in [0.25, 0.3) is 0 Å². The fraction of sp³-hybridized carbons (Fsp3) is 0.100. The monoisotopic (exact) mass is 320 g/mol. The van der Waals surface area contributed by atoms with Crippen molar-refractivity contribution >= 4 is 22.5 Å². The Balaban J connectivity index is 1.98. The molecule has 2 nitrogen and oxygen atoms in total. The first kappa shape index (κ1) is 14.1. The van der Waals surface area contributed by atoms with Crippen molar-refractivity contribution < 1.29 is 10.2 Å². The Hall–Kier alpha value is -2.52. The lowest BCUT2D eigenvalue weighted by Crippen LogP contribution is -1.89. The third-order valence-corrected chi connectivity index (χ3v) is 5.25. The maximum atomic E-state index is 10.0. The van der Waals surface area contributed by atoms with Gasteiger partial charge in [0.15, 0.2) is 0 Å². The topological polar surface area (TPSA) is 40.5 Å². The Morgan fingerprint density at radius 3 is 2.43 bits per heavy atom. The van der Waals surface area contributed by atoms with Crippen molar-refractivity contribution in [3.05, 3.63) is 81.0 Å². The number of phenolic OH excluding ortho intramolecular Hbond substituents is 2. The Kier molecular flexibility index (Phi) is 3.24. The highest BCUT2D eigenvalue weighted by Crippen LogP contribution is 2.45. The van der Waals surface area contributed by atoms with E-state index in [1.807, 2.05) is 31.2 Å². The standard InChI is InChI=1S/C20H16O2S/c1-12-9-15(22)10-18-16(12)11-17(13-4-6-14(21)7-5-13)20(18)19-3-2-8-23-19/h2-10,21-22H,11H2,1H3. The highest BCUT2D eigenvalue weighted by atomic mass is 32.1. The second-order valence-corrected chi connectivity index (χ2v) is 6.79. The van der Waals surface area contributed by atoms with Crippen LogP contribution in [0, 0.1) is 6.92 Å². The van der Waals surface area contributed by atoms with E-state index in [-0.39, 0.29) is 5.75 Å². The first-order chi connectivity index (χ1) is 11.1. The molecular weight excluding hydrogens is 304 g/mol. The van der Waals surface area contributed by atoms with Crippen molar-refractivity contribution in [2.75, 3.05) is 0 Å². The Morgan fingerprint density at radius 2 is 1.74 bits per heavy atom. The van der Waals surface area contributed by atoms with Crippen molar-refractivity contribution in [3.63, 3.8) is 0 Å². The van der Waals surface area contributed by atoms with Gasteiger partial charge < -0.3 is 10.2 Å². The van der Waals surface area contributed by atoms with E-state index in [0.29, 0.717) is 5.75 Å². The fourth-order valence-corrected chi connectivity index (χ4v) is 4.11. The molecule has 0 saturated carbocycles. The van der Waals surface area contributed by atoms with Gasteiger partial charge in [-0.1, -0.05) is 18.2 Å². The summed E-state index contributed by atoms with van der Waals surface area (Å²) in [5.74, 6) is 0.582. The predicted octanol–water partition coefficient (Wildman–Crippen LogP) is 4.98. The normalized spacial score (nSPS) is 13.4. The zero-order valence-electron chi connectivity index (χ0n) is 12.7. The third-order valence-electron chi connectivity index (χ3n) is 4.37. The molecule has 0 amide bonds. The lowest BCUT2D eigenvalue weighted by atomic mass is 9.99. The van der Waals surface area contributed by atoms with Crippen LogP contribution in [0.5, 0.6) is 11.5 Å². The molecule has 1 heterocycles. The smallest absolute Gasteiger partial charge is 0.116 e. The molecule has 1 aliphatic carbocycles. The van der Waals surface area contributed by atoms with Crippen molar-refractivity contribution in [2.24, 2.45) is 0 Å². The van der Waals surface area contributed by atoms with Crippen LogP contribution >= 0.6 is 11.3 Å². The minimum absolute atomic E-state index is 0.274. The predicted molar refractivity (Wildman–Crippen MR) is 94.9 cm³/mol. The first-order valence-electron chi connectivity index (χ1n) is 7.53. The van der Waals surface area contributed by atoms with Gasteiger partial charge in [-0.15, -0.1) is 11.3 Å². The molecule has 0 spiro atoms. The number of aromatic hydroxyl groups is 2. The van der Waals surface area contributed by atoms with Crippen molar-refractivity contribution in [2.45, 2.75) is 13.3 Å². The van der Waals surface area contributed by atoms with Gasteiger partial charge in [-0.05, 0) is 76.9 Å². The van der Waals surface area contributed by atoms with Crippen LogP contribution in [-0.2, 0) is 6.42 Å². The summed E-state index contributed by atoms with van der Waals surface area (Å²) < 4.78 is 0. The largest absolute Gasteiger partial charge is 0.508 e. The van der Waals surface area contributed by atoms with Crippen LogP contribution in [0.25, 0.3) is 11.1 Å². The average Bonchev–Trinajstić information content (AvgIpc) is 3.14. The summed E-state index contributed by atoms with van der Waals surface area (Å²) >= 11 is 1.71. The third kappa shape index (κ3) is 2.34. The molecule has 0 radical (unpaired) electrons. The number of allylic oxidation sites excluding steroid dienone is 1. The molecule has 4 rings (SSSR count). The number of aryl methyl sites for hydroxylation is 1. The van der Waals surface area contributed by atoms with Crippen LogP contribution in [0.3, 0.4) is 0 Å². The Labute approximate surface area is 139 Å². The molecule has 0 aliphatic heterocycles. The number of hydrogen-bond acceptors (Lipinski definition) is 3. The van der Waals surface area contributed by atoms with Crippen LogP contribution in [-0.4, -0.2) is 10.2 Å². The summed E-state index contributed by atoms with van der Waals surface area (Å²) in [7, 11) is 0. The van der Waals surface area contributed by atoms with Gasteiger partial charge in [-0.3, -0.25) is 0 Å². The number of rotatable bonds is 2. The van der Waals surface area contributed by atoms with Crippen LogP contribution in [0.15, 0.2) is 53.9 Å². The van der Waals surface area contributed by atoms with Gasteiger partial charge in [0.05, 0.1) is 0 Å². The van der Waals surface area contributed by atoms with Crippen LogP contribution in [0.4, 0.5) is 0 Å². The maximum Gasteiger partial charge on any atom is 0.116 e. The average molecular weight is 320 g/mol. The van der Waals surface area contributed by atoms with Crippen molar-refractivity contribution in [1.29, 1.82) is 0 Å². The number of hydrogen-bond donors (Lipinski definition) is 2. The van der Waals surface area contributed by atoms with E-state index in [1.165, 1.54) is 21.6 Å². The minimum atomic E-state index is 0.274. The lowest BCUT2D eigenvalue weighted by Gasteiger charge is -2.08. The minimum Gasteiger partial charge on any atom is -0.508 e. The van der Waals surface area contributed by atoms with Gasteiger partial charge >= 0.3 is 0 Å². The van der Waals surface area contributed by atoms with E-state index in [4.69, 9.17) is 0 Å². The zero-order valence-corrected chi connectivity index (χ0v) is 13.5. The molecule has 0 saturated heterocycles. The molecule has 23 heavy (non-hydrogen) atoms. The van der Waals surface area contributed by atoms with Gasteiger partial charge in [-0.2, -0.15) is 0 Å². The molecule has 2 N–H and O–H groups in total. The Morgan fingerprint density at radius 1 is 0.957 bits per heavy atom. The summed E-state index contributed by atoms with van der Waals surface area (Å²) in [6, 6.07) is 15.2. The van der Waals surface area contributed by atoms with E-state index >= 15 is 0 Å². The van der Waals surface area contributed by atoms with Gasteiger partial charge in [0.2, 0.25) is 0 Å². The molecule has 3 aromatic rings. The van der Waals surface area contributed by atoms with E-state index in [1.54, 1.807) is 23.5 Å². The van der Waals surface area contributed by atoms with Gasteiger partial charge in [0, 0.05) is 10.5 Å². The molecule has 0 atom stereocenters. The molecular formula is C20H16O2S. The molecule has 3 heteroatoms. The lowest BCUT2D eigenvalue weighted by molar-refractivity contribution is 0.474. The number of phenols is 2. The number of benzene rings is 2. The van der Waals surface area contributed by atoms with Crippen LogP contribution in [0.1, 0.15) is 27.1 Å². The number of thiophene rings is 1. The molecule has 0 fully saturated rings. The molecule has 114 valence electrons. The second kappa shape index (κ2) is 5.28. The molecule has 0 unspecified atom stereocenters. The Bertz CT molecular complexity index is 904. The van der Waals surface area contributed by atoms with Crippen molar-refractivity contribution in [3.8, 4) is 11.5 Å². The highest BCUT2D eigenvalue weighted by Gasteiger charge is 2.26. The van der Waals surface area contributed by atoms with E-state index < -0.39 is 0 Å². The zero-order chi connectivity index (χ0) is 16.0. The first-order valence-corrected chi connectivity index (χ1v) is 8.41. The fourth-order valence-electron chi connectivity index (χ4n) is 3.29. The SMILES string of the molecule is Cc1cc(O)cc2c1CC(c1ccc(O)cc1)=C2c1cccs1.